The molecule has 3 aromatic rings. The third-order valence-electron chi connectivity index (χ3n) is 3.94. The second-order valence-corrected chi connectivity index (χ2v) is 8.78. The maximum absolute atomic E-state index is 14.4. The number of carbonyl (C=O) groups is 1. The Balaban J connectivity index is 0.000000509. The van der Waals surface area contributed by atoms with Crippen LogP contribution < -0.4 is 10.0 Å². The minimum absolute atomic E-state index is 0.0200. The summed E-state index contributed by atoms with van der Waals surface area (Å²) >= 11 is 1.13. The molecular formula is C19H15F6N3O4S2. The van der Waals surface area contributed by atoms with Crippen molar-refractivity contribution in [2.24, 2.45) is 0 Å². The van der Waals surface area contributed by atoms with Crippen molar-refractivity contribution in [1.82, 2.24) is 4.98 Å². The number of aliphatic carboxylic acids is 1. The number of sulfonamides is 1. The molecule has 15 heteroatoms. The summed E-state index contributed by atoms with van der Waals surface area (Å²) in [4.78, 5) is 11.5. The number of anilines is 2. The topological polar surface area (TPSA) is 108 Å². The summed E-state index contributed by atoms with van der Waals surface area (Å²) in [6, 6.07) is 7.06. The van der Waals surface area contributed by atoms with Gasteiger partial charge >= 0.3 is 12.1 Å². The number of nitrogens with one attached hydrogen (secondary N) is 2. The summed E-state index contributed by atoms with van der Waals surface area (Å²) in [5.41, 5.74) is 1.66. The number of nitrogens with zero attached hydrogens (tertiary/aromatic N) is 1. The van der Waals surface area contributed by atoms with E-state index in [1.165, 1.54) is 29.1 Å². The zero-order chi connectivity index (χ0) is 25.7. The standard InChI is InChI=1S/C17H14F3N3O2S2.C2HF3O2/c1-10(12-4-2-3-5-13(12)18)22-11-6-14(19)17(15(20)7-11)27(24,25)23-16-8-26-9-21-16;3-2(4,5)1(6)7/h2-10,22-23H,1H3;(H,6,7). The first kappa shape index (κ1) is 26.9. The Labute approximate surface area is 193 Å². The van der Waals surface area contributed by atoms with E-state index in [4.69, 9.17) is 9.90 Å². The first-order valence-electron chi connectivity index (χ1n) is 8.93. The number of thiazole rings is 1. The highest BCUT2D eigenvalue weighted by atomic mass is 32.2. The molecule has 3 N–H and O–H groups in total. The van der Waals surface area contributed by atoms with Crippen molar-refractivity contribution in [1.29, 1.82) is 0 Å². The van der Waals surface area contributed by atoms with E-state index in [1.54, 1.807) is 13.0 Å². The van der Waals surface area contributed by atoms with E-state index in [-0.39, 0.29) is 11.5 Å². The smallest absolute Gasteiger partial charge is 0.475 e. The molecule has 0 saturated carbocycles. The summed E-state index contributed by atoms with van der Waals surface area (Å²) < 4.78 is 101. The van der Waals surface area contributed by atoms with Gasteiger partial charge in [-0.05, 0) is 25.1 Å². The molecule has 2 aromatic carbocycles. The zero-order valence-corrected chi connectivity index (χ0v) is 18.5. The van der Waals surface area contributed by atoms with Crippen LogP contribution in [0.2, 0.25) is 0 Å². The molecule has 1 unspecified atom stereocenters. The molecule has 0 fully saturated rings. The van der Waals surface area contributed by atoms with Crippen molar-refractivity contribution < 1.29 is 44.7 Å². The van der Waals surface area contributed by atoms with Crippen LogP contribution in [-0.2, 0) is 14.8 Å². The molecule has 0 bridgehead atoms. The number of carboxylic acids is 1. The SMILES string of the molecule is CC(Nc1cc(F)c(S(=O)(=O)Nc2cscn2)c(F)c1)c1ccccc1F.O=C(O)C(F)(F)F. The van der Waals surface area contributed by atoms with Crippen LogP contribution in [0.15, 0.2) is 52.2 Å². The number of aromatic nitrogens is 1. The number of carboxylic acid groups (broad SMARTS) is 1. The fraction of sp³-hybridized carbons (Fsp3) is 0.158. The van der Waals surface area contributed by atoms with Crippen molar-refractivity contribution in [2.75, 3.05) is 10.0 Å². The highest BCUT2D eigenvalue weighted by Crippen LogP contribution is 2.28. The van der Waals surface area contributed by atoms with Gasteiger partial charge in [-0.1, -0.05) is 18.2 Å². The minimum atomic E-state index is -5.08. The second-order valence-electron chi connectivity index (χ2n) is 6.44. The third-order valence-corrected chi connectivity index (χ3v) is 5.93. The number of hydrogen-bond acceptors (Lipinski definition) is 6. The van der Waals surface area contributed by atoms with E-state index in [9.17, 15) is 34.8 Å². The number of alkyl halides is 3. The number of halogens is 6. The Morgan fingerprint density at radius 1 is 1.09 bits per heavy atom. The largest absolute Gasteiger partial charge is 0.490 e. The van der Waals surface area contributed by atoms with Gasteiger partial charge in [-0.2, -0.15) is 13.2 Å². The van der Waals surface area contributed by atoms with Gasteiger partial charge in [0, 0.05) is 16.6 Å². The first-order chi connectivity index (χ1) is 15.7. The minimum Gasteiger partial charge on any atom is -0.475 e. The highest BCUT2D eigenvalue weighted by Gasteiger charge is 2.38. The fourth-order valence-electron chi connectivity index (χ4n) is 2.51. The lowest BCUT2D eigenvalue weighted by molar-refractivity contribution is -0.192. The summed E-state index contributed by atoms with van der Waals surface area (Å²) in [5, 5.41) is 11.3. The fourth-order valence-corrected chi connectivity index (χ4v) is 4.18. The van der Waals surface area contributed by atoms with Gasteiger partial charge in [-0.15, -0.1) is 11.3 Å². The maximum Gasteiger partial charge on any atom is 0.490 e. The highest BCUT2D eigenvalue weighted by molar-refractivity contribution is 7.92. The molecule has 0 amide bonds. The van der Waals surface area contributed by atoms with Gasteiger partial charge in [-0.3, -0.25) is 4.72 Å². The molecule has 0 aliphatic rings. The normalized spacial score (nSPS) is 12.3. The number of hydrogen-bond donors (Lipinski definition) is 3. The first-order valence-corrected chi connectivity index (χ1v) is 11.4. The van der Waals surface area contributed by atoms with Crippen molar-refractivity contribution >= 4 is 38.8 Å². The van der Waals surface area contributed by atoms with E-state index >= 15 is 0 Å². The molecule has 0 aliphatic carbocycles. The van der Waals surface area contributed by atoms with Crippen LogP contribution in [0.25, 0.3) is 0 Å². The molecule has 184 valence electrons. The second kappa shape index (κ2) is 10.7. The molecule has 1 aromatic heterocycles. The van der Waals surface area contributed by atoms with Gasteiger partial charge in [-0.25, -0.2) is 31.4 Å². The molecule has 0 radical (unpaired) electrons. The van der Waals surface area contributed by atoms with Gasteiger partial charge in [0.05, 0.1) is 11.6 Å². The van der Waals surface area contributed by atoms with Crippen LogP contribution >= 0.6 is 11.3 Å². The maximum atomic E-state index is 14.4. The molecule has 0 spiro atoms. The van der Waals surface area contributed by atoms with Gasteiger partial charge in [0.15, 0.2) is 10.7 Å². The van der Waals surface area contributed by atoms with Gasteiger partial charge < -0.3 is 10.4 Å². The Kier molecular flexibility index (Phi) is 8.50. The van der Waals surface area contributed by atoms with Crippen LogP contribution in [0.5, 0.6) is 0 Å². The Morgan fingerprint density at radius 3 is 2.12 bits per heavy atom. The van der Waals surface area contributed by atoms with E-state index in [1.807, 2.05) is 4.72 Å². The molecule has 7 nitrogen and oxygen atoms in total. The third kappa shape index (κ3) is 7.08. The lowest BCUT2D eigenvalue weighted by Gasteiger charge is -2.17. The number of benzene rings is 2. The van der Waals surface area contributed by atoms with Crippen molar-refractivity contribution in [3.63, 3.8) is 0 Å². The quantitative estimate of drug-likeness (QED) is 0.382. The summed E-state index contributed by atoms with van der Waals surface area (Å²) in [6.45, 7) is 1.61. The van der Waals surface area contributed by atoms with Crippen molar-refractivity contribution in [3.05, 3.63) is 70.3 Å². The Hall–Kier alpha value is -3.33. The zero-order valence-electron chi connectivity index (χ0n) is 16.9. The van der Waals surface area contributed by atoms with Crippen LogP contribution in [0, 0.1) is 17.5 Å². The summed E-state index contributed by atoms with van der Waals surface area (Å²) in [6.07, 6.45) is -5.08. The molecule has 0 saturated heterocycles. The average Bonchev–Trinajstić information content (AvgIpc) is 3.19. The monoisotopic (exact) mass is 527 g/mol. The van der Waals surface area contributed by atoms with E-state index in [2.05, 4.69) is 10.3 Å². The molecule has 1 heterocycles. The van der Waals surface area contributed by atoms with Crippen LogP contribution in [0.3, 0.4) is 0 Å². The van der Waals surface area contributed by atoms with Crippen molar-refractivity contribution in [2.45, 2.75) is 24.0 Å². The molecule has 0 aliphatic heterocycles. The predicted octanol–water partition coefficient (Wildman–Crippen LogP) is 5.17. The lowest BCUT2D eigenvalue weighted by Crippen LogP contribution is -2.21. The summed E-state index contributed by atoms with van der Waals surface area (Å²) in [7, 11) is -4.49. The molecule has 1 atom stereocenters. The van der Waals surface area contributed by atoms with Crippen LogP contribution in [-0.4, -0.2) is 30.7 Å². The average molecular weight is 527 g/mol. The van der Waals surface area contributed by atoms with Crippen LogP contribution in [0.4, 0.5) is 37.8 Å². The molecular weight excluding hydrogens is 512 g/mol. The van der Waals surface area contributed by atoms with Crippen molar-refractivity contribution in [3.8, 4) is 0 Å². The van der Waals surface area contributed by atoms with Crippen LogP contribution in [0.1, 0.15) is 18.5 Å². The Morgan fingerprint density at radius 2 is 1.65 bits per heavy atom. The van der Waals surface area contributed by atoms with E-state index in [0.29, 0.717) is 5.56 Å². The molecule has 3 rings (SSSR count). The van der Waals surface area contributed by atoms with Gasteiger partial charge in [0.2, 0.25) is 0 Å². The van der Waals surface area contributed by atoms with E-state index in [0.717, 1.165) is 23.5 Å². The Bertz CT molecular complexity index is 1230. The summed E-state index contributed by atoms with van der Waals surface area (Å²) in [5.74, 6) is -5.81. The predicted molar refractivity (Wildman–Crippen MR) is 111 cm³/mol. The lowest BCUT2D eigenvalue weighted by atomic mass is 10.1. The van der Waals surface area contributed by atoms with E-state index < -0.39 is 50.6 Å². The van der Waals surface area contributed by atoms with Gasteiger partial charge in [0.25, 0.3) is 10.0 Å². The number of rotatable bonds is 6. The van der Waals surface area contributed by atoms with Gasteiger partial charge in [0.1, 0.15) is 17.5 Å². The molecule has 34 heavy (non-hydrogen) atoms.